The first-order valence-electron chi connectivity index (χ1n) is 8.38. The van der Waals surface area contributed by atoms with Crippen LogP contribution in [0.2, 0.25) is 0 Å². The molecule has 5 nitrogen and oxygen atoms in total. The van der Waals surface area contributed by atoms with E-state index in [0.717, 1.165) is 31.5 Å². The number of para-hydroxylation sites is 1. The van der Waals surface area contributed by atoms with Crippen molar-refractivity contribution < 1.29 is 14.3 Å². The van der Waals surface area contributed by atoms with Crippen molar-refractivity contribution in [1.29, 1.82) is 0 Å². The highest BCUT2D eigenvalue weighted by Gasteiger charge is 2.49. The second-order valence-electron chi connectivity index (χ2n) is 6.31. The molecule has 0 aromatic heterocycles. The molecule has 1 fully saturated rings. The second kappa shape index (κ2) is 7.13. The molecule has 2 unspecified atom stereocenters. The summed E-state index contributed by atoms with van der Waals surface area (Å²) < 4.78 is 4.96. The van der Waals surface area contributed by atoms with Gasteiger partial charge in [-0.05, 0) is 37.3 Å². The molecule has 0 radical (unpaired) electrons. The van der Waals surface area contributed by atoms with Crippen molar-refractivity contribution in [2.45, 2.75) is 25.7 Å². The van der Waals surface area contributed by atoms with E-state index in [4.69, 9.17) is 4.74 Å². The van der Waals surface area contributed by atoms with Crippen LogP contribution in [-0.4, -0.2) is 38.6 Å². The van der Waals surface area contributed by atoms with E-state index in [1.165, 1.54) is 5.56 Å². The molecule has 2 atom stereocenters. The highest BCUT2D eigenvalue weighted by molar-refractivity contribution is 6.01. The van der Waals surface area contributed by atoms with E-state index in [9.17, 15) is 9.59 Å². The fourth-order valence-corrected chi connectivity index (χ4v) is 3.28. The van der Waals surface area contributed by atoms with Crippen molar-refractivity contribution in [2.24, 2.45) is 11.8 Å². The van der Waals surface area contributed by atoms with Crippen molar-refractivity contribution in [1.82, 2.24) is 5.32 Å². The van der Waals surface area contributed by atoms with Gasteiger partial charge in [0.1, 0.15) is 0 Å². The first-order valence-corrected chi connectivity index (χ1v) is 8.38. The minimum atomic E-state index is -0.154. The number of carbonyl (C=O) groups excluding carboxylic acids is 2. The third-order valence-corrected chi connectivity index (χ3v) is 4.65. The van der Waals surface area contributed by atoms with Gasteiger partial charge < -0.3 is 15.0 Å². The molecule has 23 heavy (non-hydrogen) atoms. The molecule has 5 heteroatoms. The average molecular weight is 316 g/mol. The Morgan fingerprint density at radius 1 is 1.30 bits per heavy atom. The van der Waals surface area contributed by atoms with Gasteiger partial charge in [-0.1, -0.05) is 18.2 Å². The average Bonchev–Trinajstić information content (AvgIpc) is 3.38. The lowest BCUT2D eigenvalue weighted by Crippen LogP contribution is -2.38. The molecule has 1 saturated carbocycles. The number of methoxy groups -OCH3 is 1. The maximum absolute atomic E-state index is 12.7. The van der Waals surface area contributed by atoms with Crippen LogP contribution in [0, 0.1) is 11.8 Å². The number of rotatable bonds is 6. The third-order valence-electron chi connectivity index (χ3n) is 4.65. The number of fused-ring (bicyclic) bond motifs is 1. The summed E-state index contributed by atoms with van der Waals surface area (Å²) in [7, 11) is 1.65. The Kier molecular flexibility index (Phi) is 4.96. The normalized spacial score (nSPS) is 22.4. The summed E-state index contributed by atoms with van der Waals surface area (Å²) >= 11 is 0. The number of nitrogens with zero attached hydrogens (tertiary/aromatic N) is 1. The number of nitrogens with one attached hydrogen (secondary N) is 1. The molecule has 3 rings (SSSR count). The van der Waals surface area contributed by atoms with E-state index < -0.39 is 0 Å². The lowest BCUT2D eigenvalue weighted by molar-refractivity contribution is -0.126. The Bertz CT molecular complexity index is 587. The smallest absolute Gasteiger partial charge is 0.230 e. The standard InChI is InChI=1S/C18H24N2O3/c1-23-11-5-9-19-17(21)14-12-15(14)18(22)20-10-4-7-13-6-2-3-8-16(13)20/h2-3,6,8,14-15H,4-5,7,9-12H2,1H3,(H,19,21). The van der Waals surface area contributed by atoms with Gasteiger partial charge in [0.2, 0.25) is 11.8 Å². The van der Waals surface area contributed by atoms with Gasteiger partial charge in [-0.3, -0.25) is 9.59 Å². The third kappa shape index (κ3) is 3.55. The zero-order chi connectivity index (χ0) is 16.2. The van der Waals surface area contributed by atoms with Crippen molar-refractivity contribution in [3.05, 3.63) is 29.8 Å². The minimum absolute atomic E-state index is 0.00440. The fourth-order valence-electron chi connectivity index (χ4n) is 3.28. The summed E-state index contributed by atoms with van der Waals surface area (Å²) in [6.07, 6.45) is 3.48. The van der Waals surface area contributed by atoms with Gasteiger partial charge in [0.05, 0.1) is 11.8 Å². The number of amides is 2. The molecule has 2 aliphatic rings. The van der Waals surface area contributed by atoms with E-state index in [0.29, 0.717) is 19.6 Å². The molecule has 124 valence electrons. The molecule has 0 spiro atoms. The largest absolute Gasteiger partial charge is 0.385 e. The number of anilines is 1. The van der Waals surface area contributed by atoms with E-state index in [1.54, 1.807) is 7.11 Å². The van der Waals surface area contributed by atoms with Gasteiger partial charge in [-0.15, -0.1) is 0 Å². The summed E-state index contributed by atoms with van der Waals surface area (Å²) in [5, 5.41) is 2.90. The molecule has 1 aromatic rings. The molecule has 1 aliphatic carbocycles. The van der Waals surface area contributed by atoms with Gasteiger partial charge in [-0.2, -0.15) is 0 Å². The van der Waals surface area contributed by atoms with Crippen LogP contribution in [0.25, 0.3) is 0 Å². The molecule has 1 heterocycles. The Labute approximate surface area is 137 Å². The second-order valence-corrected chi connectivity index (χ2v) is 6.31. The van der Waals surface area contributed by atoms with Crippen molar-refractivity contribution >= 4 is 17.5 Å². The molecule has 1 aliphatic heterocycles. The van der Waals surface area contributed by atoms with Crippen LogP contribution < -0.4 is 10.2 Å². The molecule has 1 aromatic carbocycles. The summed E-state index contributed by atoms with van der Waals surface area (Å²) in [5.74, 6) is -0.193. The number of hydrogen-bond donors (Lipinski definition) is 1. The predicted molar refractivity (Wildman–Crippen MR) is 88.2 cm³/mol. The Morgan fingerprint density at radius 2 is 2.13 bits per heavy atom. The zero-order valence-electron chi connectivity index (χ0n) is 13.6. The SMILES string of the molecule is COCCCNC(=O)C1CC1C(=O)N1CCCc2ccccc21. The highest BCUT2D eigenvalue weighted by Crippen LogP contribution is 2.42. The summed E-state index contributed by atoms with van der Waals surface area (Å²) in [6.45, 7) is 2.00. The lowest BCUT2D eigenvalue weighted by atomic mass is 10.0. The van der Waals surface area contributed by atoms with Crippen molar-refractivity contribution in [2.75, 3.05) is 31.7 Å². The maximum Gasteiger partial charge on any atom is 0.230 e. The number of aryl methyl sites for hydroxylation is 1. The number of benzene rings is 1. The minimum Gasteiger partial charge on any atom is -0.385 e. The van der Waals surface area contributed by atoms with Crippen LogP contribution >= 0.6 is 0 Å². The van der Waals surface area contributed by atoms with E-state index >= 15 is 0 Å². The molecule has 0 bridgehead atoms. The summed E-state index contributed by atoms with van der Waals surface area (Å²) in [6, 6.07) is 8.08. The van der Waals surface area contributed by atoms with Gasteiger partial charge >= 0.3 is 0 Å². The van der Waals surface area contributed by atoms with Gasteiger partial charge in [0.25, 0.3) is 0 Å². The number of hydrogen-bond acceptors (Lipinski definition) is 3. The predicted octanol–water partition coefficient (Wildman–Crippen LogP) is 1.75. The maximum atomic E-state index is 12.7. The Balaban J connectivity index is 1.56. The molecular weight excluding hydrogens is 292 g/mol. The van der Waals surface area contributed by atoms with Gasteiger partial charge in [0, 0.05) is 32.5 Å². The quantitative estimate of drug-likeness (QED) is 0.814. The summed E-state index contributed by atoms with van der Waals surface area (Å²) in [5.41, 5.74) is 2.25. The molecule has 1 N–H and O–H groups in total. The summed E-state index contributed by atoms with van der Waals surface area (Å²) in [4.78, 5) is 26.7. The fraction of sp³-hybridized carbons (Fsp3) is 0.556. The van der Waals surface area contributed by atoms with Gasteiger partial charge in [0.15, 0.2) is 0 Å². The van der Waals surface area contributed by atoms with E-state index in [-0.39, 0.29) is 23.7 Å². The van der Waals surface area contributed by atoms with E-state index in [1.807, 2.05) is 23.1 Å². The van der Waals surface area contributed by atoms with Crippen LogP contribution in [0.5, 0.6) is 0 Å². The zero-order valence-corrected chi connectivity index (χ0v) is 13.6. The monoisotopic (exact) mass is 316 g/mol. The lowest BCUT2D eigenvalue weighted by Gasteiger charge is -2.29. The molecular formula is C18H24N2O3. The van der Waals surface area contributed by atoms with E-state index in [2.05, 4.69) is 11.4 Å². The van der Waals surface area contributed by atoms with Crippen LogP contribution in [0.3, 0.4) is 0 Å². The van der Waals surface area contributed by atoms with Crippen LogP contribution in [-0.2, 0) is 20.7 Å². The topological polar surface area (TPSA) is 58.6 Å². The Hall–Kier alpha value is -1.88. The number of ether oxygens (including phenoxy) is 1. The van der Waals surface area contributed by atoms with Gasteiger partial charge in [-0.25, -0.2) is 0 Å². The number of carbonyl (C=O) groups is 2. The van der Waals surface area contributed by atoms with Crippen molar-refractivity contribution in [3.63, 3.8) is 0 Å². The van der Waals surface area contributed by atoms with Crippen LogP contribution in [0.1, 0.15) is 24.8 Å². The first-order chi connectivity index (χ1) is 11.2. The van der Waals surface area contributed by atoms with Crippen LogP contribution in [0.15, 0.2) is 24.3 Å². The Morgan fingerprint density at radius 3 is 2.96 bits per heavy atom. The first kappa shape index (κ1) is 16.0. The molecule has 0 saturated heterocycles. The highest BCUT2D eigenvalue weighted by atomic mass is 16.5. The van der Waals surface area contributed by atoms with Crippen LogP contribution in [0.4, 0.5) is 5.69 Å². The van der Waals surface area contributed by atoms with Crippen molar-refractivity contribution in [3.8, 4) is 0 Å². The molecule has 2 amide bonds.